The number of H-pyrrole nitrogens is 1. The van der Waals surface area contributed by atoms with Gasteiger partial charge in [-0.15, -0.1) is 0 Å². The number of nitrogens with zero attached hydrogens (tertiary/aromatic N) is 3. The second-order valence-electron chi connectivity index (χ2n) is 6.33. The number of aromatic amines is 1. The summed E-state index contributed by atoms with van der Waals surface area (Å²) >= 11 is 0. The van der Waals surface area contributed by atoms with Crippen LogP contribution in [0.25, 0.3) is 11.0 Å². The van der Waals surface area contributed by atoms with E-state index in [-0.39, 0.29) is 5.41 Å². The molecule has 0 bridgehead atoms. The Morgan fingerprint density at radius 2 is 2.00 bits per heavy atom. The van der Waals surface area contributed by atoms with Crippen molar-refractivity contribution in [2.24, 2.45) is 0 Å². The number of hydrogen-bond acceptors (Lipinski definition) is 6. The summed E-state index contributed by atoms with van der Waals surface area (Å²) in [5.74, 6) is 1.67. The molecule has 1 aromatic carbocycles. The molecule has 3 heterocycles. The van der Waals surface area contributed by atoms with Gasteiger partial charge in [-0.1, -0.05) is 12.1 Å². The molecule has 0 atom stereocenters. The van der Waals surface area contributed by atoms with Crippen molar-refractivity contribution in [2.75, 3.05) is 32.2 Å². The van der Waals surface area contributed by atoms with Crippen LogP contribution < -0.4 is 10.1 Å². The van der Waals surface area contributed by atoms with E-state index in [1.54, 1.807) is 19.6 Å². The summed E-state index contributed by atoms with van der Waals surface area (Å²) in [4.78, 5) is 8.57. The molecule has 0 aliphatic carbocycles. The fourth-order valence-electron chi connectivity index (χ4n) is 3.43. The zero-order valence-corrected chi connectivity index (χ0v) is 14.2. The third kappa shape index (κ3) is 3.02. The van der Waals surface area contributed by atoms with E-state index >= 15 is 0 Å². The van der Waals surface area contributed by atoms with E-state index in [0.29, 0.717) is 0 Å². The van der Waals surface area contributed by atoms with Gasteiger partial charge >= 0.3 is 0 Å². The maximum atomic E-state index is 5.61. The first-order valence-electron chi connectivity index (χ1n) is 8.41. The maximum absolute atomic E-state index is 5.61. The van der Waals surface area contributed by atoms with Crippen LogP contribution in [0, 0.1) is 0 Å². The fraction of sp³-hybridized carbons (Fsp3) is 0.389. The molecule has 1 aliphatic rings. The molecule has 7 heteroatoms. The lowest BCUT2D eigenvalue weighted by molar-refractivity contribution is 0.0543. The van der Waals surface area contributed by atoms with E-state index in [1.165, 1.54) is 5.56 Å². The van der Waals surface area contributed by atoms with Crippen LogP contribution in [0.1, 0.15) is 18.4 Å². The average molecular weight is 339 g/mol. The first kappa shape index (κ1) is 15.8. The minimum absolute atomic E-state index is 0.00549. The van der Waals surface area contributed by atoms with E-state index in [1.807, 2.05) is 12.1 Å². The summed E-state index contributed by atoms with van der Waals surface area (Å²) in [7, 11) is 1.69. The van der Waals surface area contributed by atoms with E-state index in [2.05, 4.69) is 37.6 Å². The molecule has 0 amide bonds. The second kappa shape index (κ2) is 6.68. The summed E-state index contributed by atoms with van der Waals surface area (Å²) in [5.41, 5.74) is 2.04. The molecular formula is C18H21N5O2. The minimum Gasteiger partial charge on any atom is -0.497 e. The molecule has 1 fully saturated rings. The van der Waals surface area contributed by atoms with Gasteiger partial charge in [0.05, 0.1) is 18.7 Å². The van der Waals surface area contributed by atoms with Crippen molar-refractivity contribution in [3.8, 4) is 5.75 Å². The van der Waals surface area contributed by atoms with Gasteiger partial charge in [0.2, 0.25) is 0 Å². The number of ether oxygens (including phenoxy) is 2. The Balaban J connectivity index is 1.61. The lowest BCUT2D eigenvalue weighted by Gasteiger charge is -2.38. The van der Waals surface area contributed by atoms with Crippen LogP contribution in [0.2, 0.25) is 0 Å². The van der Waals surface area contributed by atoms with Gasteiger partial charge in [0, 0.05) is 25.2 Å². The van der Waals surface area contributed by atoms with Gasteiger partial charge in [-0.25, -0.2) is 9.97 Å². The number of benzene rings is 1. The van der Waals surface area contributed by atoms with Gasteiger partial charge in [-0.05, 0) is 30.5 Å². The Morgan fingerprint density at radius 1 is 1.20 bits per heavy atom. The Labute approximate surface area is 145 Å². The van der Waals surface area contributed by atoms with Crippen molar-refractivity contribution in [3.63, 3.8) is 0 Å². The molecule has 130 valence electrons. The van der Waals surface area contributed by atoms with Gasteiger partial charge < -0.3 is 14.8 Å². The lowest BCUT2D eigenvalue weighted by atomic mass is 9.74. The fourth-order valence-corrected chi connectivity index (χ4v) is 3.43. The number of nitrogens with one attached hydrogen (secondary N) is 2. The molecule has 1 aliphatic heterocycles. The zero-order chi connectivity index (χ0) is 17.1. The largest absolute Gasteiger partial charge is 0.497 e. The number of hydrogen-bond donors (Lipinski definition) is 2. The molecule has 0 spiro atoms. The first-order valence-corrected chi connectivity index (χ1v) is 8.41. The van der Waals surface area contributed by atoms with Crippen molar-refractivity contribution in [1.82, 2.24) is 20.2 Å². The summed E-state index contributed by atoms with van der Waals surface area (Å²) in [6.07, 6.45) is 5.23. The number of aromatic nitrogens is 4. The van der Waals surface area contributed by atoms with Crippen LogP contribution in [0.4, 0.5) is 5.82 Å². The Hall–Kier alpha value is -2.67. The normalized spacial score (nSPS) is 16.7. The Bertz CT molecular complexity index is 840. The highest BCUT2D eigenvalue weighted by molar-refractivity contribution is 5.85. The van der Waals surface area contributed by atoms with E-state index in [9.17, 15) is 0 Å². The lowest BCUT2D eigenvalue weighted by Crippen LogP contribution is -2.40. The molecule has 4 rings (SSSR count). The van der Waals surface area contributed by atoms with Crippen LogP contribution in [-0.4, -0.2) is 47.0 Å². The van der Waals surface area contributed by atoms with Gasteiger partial charge in [0.15, 0.2) is 5.65 Å². The highest BCUT2D eigenvalue weighted by Crippen LogP contribution is 2.36. The number of rotatable bonds is 5. The molecule has 7 nitrogen and oxygen atoms in total. The number of anilines is 1. The number of methoxy groups -OCH3 is 1. The van der Waals surface area contributed by atoms with Crippen molar-refractivity contribution in [2.45, 2.75) is 18.3 Å². The SMILES string of the molecule is COc1ccc(C2(CNc3ncnc4[nH]ncc34)CCOCC2)cc1. The predicted octanol–water partition coefficient (Wildman–Crippen LogP) is 2.52. The molecule has 2 N–H and O–H groups in total. The van der Waals surface area contributed by atoms with Crippen LogP contribution in [0.15, 0.2) is 36.8 Å². The first-order chi connectivity index (χ1) is 12.3. The van der Waals surface area contributed by atoms with E-state index < -0.39 is 0 Å². The van der Waals surface area contributed by atoms with Crippen LogP contribution in [0.3, 0.4) is 0 Å². The monoisotopic (exact) mass is 339 g/mol. The Kier molecular flexibility index (Phi) is 4.23. The minimum atomic E-state index is 0.00549. The van der Waals surface area contributed by atoms with Crippen LogP contribution in [-0.2, 0) is 10.2 Å². The summed E-state index contributed by atoms with van der Waals surface area (Å²) in [5, 5.41) is 11.3. The predicted molar refractivity (Wildman–Crippen MR) is 94.9 cm³/mol. The average Bonchev–Trinajstić information content (AvgIpc) is 3.16. The molecule has 3 aromatic rings. The summed E-state index contributed by atoms with van der Waals surface area (Å²) in [6.45, 7) is 2.30. The Morgan fingerprint density at radius 3 is 2.76 bits per heavy atom. The molecule has 0 saturated carbocycles. The topological polar surface area (TPSA) is 85.0 Å². The van der Waals surface area contributed by atoms with Gasteiger partial charge in [0.25, 0.3) is 0 Å². The van der Waals surface area contributed by atoms with Gasteiger partial charge in [-0.3, -0.25) is 5.10 Å². The maximum Gasteiger partial charge on any atom is 0.160 e. The molecule has 2 aromatic heterocycles. The van der Waals surface area contributed by atoms with Gasteiger partial charge in [0.1, 0.15) is 17.9 Å². The third-order valence-electron chi connectivity index (χ3n) is 4.99. The van der Waals surface area contributed by atoms with Crippen molar-refractivity contribution < 1.29 is 9.47 Å². The van der Waals surface area contributed by atoms with E-state index in [4.69, 9.17) is 9.47 Å². The van der Waals surface area contributed by atoms with Crippen molar-refractivity contribution in [3.05, 3.63) is 42.4 Å². The second-order valence-corrected chi connectivity index (χ2v) is 6.33. The summed E-state index contributed by atoms with van der Waals surface area (Å²) < 4.78 is 10.9. The molecule has 0 unspecified atom stereocenters. The highest BCUT2D eigenvalue weighted by Gasteiger charge is 2.34. The summed E-state index contributed by atoms with van der Waals surface area (Å²) in [6, 6.07) is 8.34. The zero-order valence-electron chi connectivity index (χ0n) is 14.2. The number of fused-ring (bicyclic) bond motifs is 1. The van der Waals surface area contributed by atoms with Crippen LogP contribution >= 0.6 is 0 Å². The van der Waals surface area contributed by atoms with Crippen molar-refractivity contribution >= 4 is 16.9 Å². The molecule has 1 saturated heterocycles. The smallest absolute Gasteiger partial charge is 0.160 e. The third-order valence-corrected chi connectivity index (χ3v) is 4.99. The molecule has 0 radical (unpaired) electrons. The van der Waals surface area contributed by atoms with Gasteiger partial charge in [-0.2, -0.15) is 5.10 Å². The van der Waals surface area contributed by atoms with E-state index in [0.717, 1.165) is 55.2 Å². The van der Waals surface area contributed by atoms with Crippen LogP contribution in [0.5, 0.6) is 5.75 Å². The quantitative estimate of drug-likeness (QED) is 0.743. The standard InChI is InChI=1S/C18H21N5O2/c1-24-14-4-2-13(3-5-14)18(6-8-25-9-7-18)11-19-16-15-10-22-23-17(15)21-12-20-16/h2-5,10,12H,6-9,11H2,1H3,(H2,19,20,21,22,23). The molecular weight excluding hydrogens is 318 g/mol. The molecule has 25 heavy (non-hydrogen) atoms. The highest BCUT2D eigenvalue weighted by atomic mass is 16.5. The van der Waals surface area contributed by atoms with Crippen molar-refractivity contribution in [1.29, 1.82) is 0 Å².